The molecule has 0 radical (unpaired) electrons. The Morgan fingerprint density at radius 2 is 1.75 bits per heavy atom. The highest BCUT2D eigenvalue weighted by Gasteiger charge is 2.22. The summed E-state index contributed by atoms with van der Waals surface area (Å²) < 4.78 is 0. The lowest BCUT2D eigenvalue weighted by atomic mass is 10.3. The summed E-state index contributed by atoms with van der Waals surface area (Å²) in [6, 6.07) is 0. The van der Waals surface area contributed by atoms with E-state index in [2.05, 4.69) is 18.7 Å². The fourth-order valence-electron chi connectivity index (χ4n) is 1.36. The van der Waals surface area contributed by atoms with E-state index in [1.807, 2.05) is 13.8 Å². The zero-order valence-corrected chi connectivity index (χ0v) is 9.27. The van der Waals surface area contributed by atoms with Crippen LogP contribution in [0.1, 0.15) is 47.0 Å². The van der Waals surface area contributed by atoms with E-state index in [1.54, 1.807) is 0 Å². The molecular weight excluding hydrogens is 146 g/mol. The van der Waals surface area contributed by atoms with Gasteiger partial charge in [-0.3, -0.25) is 0 Å². The maximum atomic E-state index is 2.57. The Morgan fingerprint density at radius 3 is 2.08 bits per heavy atom. The zero-order valence-electron chi connectivity index (χ0n) is 9.27. The van der Waals surface area contributed by atoms with Gasteiger partial charge in [0.25, 0.3) is 0 Å². The lowest BCUT2D eigenvalue weighted by molar-refractivity contribution is 0.277. The number of hydrogen-bond donors (Lipinski definition) is 0. The lowest BCUT2D eigenvalue weighted by Crippen LogP contribution is -2.26. The molecule has 1 fully saturated rings. The van der Waals surface area contributed by atoms with Gasteiger partial charge >= 0.3 is 0 Å². The first-order valence-corrected chi connectivity index (χ1v) is 5.59. The summed E-state index contributed by atoms with van der Waals surface area (Å²) in [5.74, 6) is 1.06. The summed E-state index contributed by atoms with van der Waals surface area (Å²) in [4.78, 5) is 2.57. The van der Waals surface area contributed by atoms with Gasteiger partial charge in [0.05, 0.1) is 0 Å². The van der Waals surface area contributed by atoms with Crippen LogP contribution in [0.3, 0.4) is 0 Å². The summed E-state index contributed by atoms with van der Waals surface area (Å²) in [5.41, 5.74) is 0. The van der Waals surface area contributed by atoms with Crippen molar-refractivity contribution < 1.29 is 0 Å². The van der Waals surface area contributed by atoms with E-state index in [4.69, 9.17) is 0 Å². The van der Waals surface area contributed by atoms with Gasteiger partial charge in [0.2, 0.25) is 0 Å². The predicted molar refractivity (Wildman–Crippen MR) is 56.5 cm³/mol. The monoisotopic (exact) mass is 171 g/mol. The third kappa shape index (κ3) is 5.59. The Balaban J connectivity index is 0.000000561. The van der Waals surface area contributed by atoms with E-state index in [0.29, 0.717) is 0 Å². The molecule has 1 saturated carbocycles. The van der Waals surface area contributed by atoms with Crippen molar-refractivity contribution in [3.05, 3.63) is 0 Å². The van der Waals surface area contributed by atoms with E-state index in [1.165, 1.54) is 38.9 Å². The van der Waals surface area contributed by atoms with Crippen LogP contribution in [0.5, 0.6) is 0 Å². The highest BCUT2D eigenvalue weighted by molar-refractivity contribution is 4.76. The second-order valence-electron chi connectivity index (χ2n) is 3.34. The van der Waals surface area contributed by atoms with Crippen LogP contribution in [-0.4, -0.2) is 24.5 Å². The first-order valence-electron chi connectivity index (χ1n) is 5.59. The van der Waals surface area contributed by atoms with Gasteiger partial charge in [0.1, 0.15) is 0 Å². The topological polar surface area (TPSA) is 3.24 Å². The van der Waals surface area contributed by atoms with E-state index in [9.17, 15) is 0 Å². The molecule has 0 N–H and O–H groups in total. The van der Waals surface area contributed by atoms with Crippen molar-refractivity contribution in [2.24, 2.45) is 5.92 Å². The van der Waals surface area contributed by atoms with Gasteiger partial charge in [0.15, 0.2) is 0 Å². The fraction of sp³-hybridized carbons (Fsp3) is 1.00. The van der Waals surface area contributed by atoms with Crippen molar-refractivity contribution >= 4 is 0 Å². The standard InChI is InChI=1S/C9H19N.C2H6/c1-3-7-10(4-2)8-9-5-6-9;1-2/h9H,3-8H2,1-2H3;1-2H3. The maximum absolute atomic E-state index is 2.57. The van der Waals surface area contributed by atoms with Gasteiger partial charge in [-0.2, -0.15) is 0 Å². The molecule has 1 nitrogen and oxygen atoms in total. The van der Waals surface area contributed by atoms with Crippen molar-refractivity contribution in [3.63, 3.8) is 0 Å². The van der Waals surface area contributed by atoms with Gasteiger partial charge in [-0.25, -0.2) is 0 Å². The number of rotatable bonds is 5. The van der Waals surface area contributed by atoms with Crippen LogP contribution in [-0.2, 0) is 0 Å². The Bertz CT molecular complexity index is 87.0. The molecule has 0 spiro atoms. The summed E-state index contributed by atoms with van der Waals surface area (Å²) >= 11 is 0. The van der Waals surface area contributed by atoms with Crippen molar-refractivity contribution in [2.45, 2.75) is 47.0 Å². The molecular formula is C11H25N. The third-order valence-corrected chi connectivity index (χ3v) is 2.20. The predicted octanol–water partition coefficient (Wildman–Crippen LogP) is 3.15. The molecule has 0 heterocycles. The molecule has 0 bridgehead atoms. The van der Waals surface area contributed by atoms with Crippen molar-refractivity contribution in [1.82, 2.24) is 4.90 Å². The average molecular weight is 171 g/mol. The van der Waals surface area contributed by atoms with Crippen LogP contribution >= 0.6 is 0 Å². The SMILES string of the molecule is CC.CCCN(CC)CC1CC1. The molecule has 0 unspecified atom stereocenters. The van der Waals surface area contributed by atoms with Gasteiger partial charge in [-0.1, -0.05) is 27.7 Å². The van der Waals surface area contributed by atoms with Crippen molar-refractivity contribution in [1.29, 1.82) is 0 Å². The second-order valence-corrected chi connectivity index (χ2v) is 3.34. The largest absolute Gasteiger partial charge is 0.303 e. The zero-order chi connectivity index (χ0) is 9.40. The number of hydrogen-bond acceptors (Lipinski definition) is 1. The smallest absolute Gasteiger partial charge is 0.000954 e. The summed E-state index contributed by atoms with van der Waals surface area (Å²) in [7, 11) is 0. The molecule has 0 saturated heterocycles. The Morgan fingerprint density at radius 1 is 1.17 bits per heavy atom. The minimum atomic E-state index is 1.06. The molecule has 0 amide bonds. The van der Waals surface area contributed by atoms with Crippen LogP contribution in [0, 0.1) is 5.92 Å². The molecule has 12 heavy (non-hydrogen) atoms. The van der Waals surface area contributed by atoms with E-state index in [0.717, 1.165) is 5.92 Å². The second kappa shape index (κ2) is 7.60. The van der Waals surface area contributed by atoms with Crippen LogP contribution in [0.25, 0.3) is 0 Å². The molecule has 0 atom stereocenters. The summed E-state index contributed by atoms with van der Waals surface area (Å²) in [6.45, 7) is 12.4. The van der Waals surface area contributed by atoms with E-state index >= 15 is 0 Å². The van der Waals surface area contributed by atoms with E-state index < -0.39 is 0 Å². The van der Waals surface area contributed by atoms with Crippen LogP contribution < -0.4 is 0 Å². The molecule has 0 aromatic carbocycles. The quantitative estimate of drug-likeness (QED) is 0.614. The highest BCUT2D eigenvalue weighted by atomic mass is 15.1. The maximum Gasteiger partial charge on any atom is 0.000954 e. The molecule has 1 heteroatoms. The van der Waals surface area contributed by atoms with Crippen LogP contribution in [0.4, 0.5) is 0 Å². The summed E-state index contributed by atoms with van der Waals surface area (Å²) in [5, 5.41) is 0. The molecule has 0 aromatic rings. The number of nitrogens with zero attached hydrogens (tertiary/aromatic N) is 1. The fourth-order valence-corrected chi connectivity index (χ4v) is 1.36. The molecule has 1 rings (SSSR count). The molecule has 0 aromatic heterocycles. The minimum absolute atomic E-state index is 1.06. The Labute approximate surface area is 78.1 Å². The lowest BCUT2D eigenvalue weighted by Gasteiger charge is -2.18. The highest BCUT2D eigenvalue weighted by Crippen LogP contribution is 2.29. The van der Waals surface area contributed by atoms with Crippen LogP contribution in [0.2, 0.25) is 0 Å². The van der Waals surface area contributed by atoms with Gasteiger partial charge in [-0.05, 0) is 38.3 Å². The molecule has 74 valence electrons. The Hall–Kier alpha value is -0.0400. The molecule has 1 aliphatic carbocycles. The molecule has 0 aliphatic heterocycles. The third-order valence-electron chi connectivity index (χ3n) is 2.20. The first kappa shape index (κ1) is 12.0. The van der Waals surface area contributed by atoms with Crippen molar-refractivity contribution in [3.8, 4) is 0 Å². The van der Waals surface area contributed by atoms with Gasteiger partial charge in [-0.15, -0.1) is 0 Å². The Kier molecular flexibility index (Phi) is 7.58. The first-order chi connectivity index (χ1) is 5.86. The minimum Gasteiger partial charge on any atom is -0.303 e. The van der Waals surface area contributed by atoms with Gasteiger partial charge < -0.3 is 4.90 Å². The summed E-state index contributed by atoms with van der Waals surface area (Å²) in [6.07, 6.45) is 4.28. The van der Waals surface area contributed by atoms with Gasteiger partial charge in [0, 0.05) is 6.54 Å². The van der Waals surface area contributed by atoms with Crippen LogP contribution in [0.15, 0.2) is 0 Å². The van der Waals surface area contributed by atoms with Crippen molar-refractivity contribution in [2.75, 3.05) is 19.6 Å². The average Bonchev–Trinajstić information content (AvgIpc) is 2.91. The normalized spacial score (nSPS) is 15.8. The van der Waals surface area contributed by atoms with E-state index in [-0.39, 0.29) is 0 Å². The molecule has 1 aliphatic rings.